The standard InChI is InChI=1S/C16H14O8/c1-22-15-9(19)5-10-11(12(15)20)13(21)16(23-2)14(24-10)6-3-7(17)8(18)4-6/h3-5,7,17-20H,1-2H3. The molecule has 1 aliphatic carbocycles. The summed E-state index contributed by atoms with van der Waals surface area (Å²) >= 11 is 0. The average Bonchev–Trinajstić information content (AvgIpc) is 2.86. The third-order valence-corrected chi connectivity index (χ3v) is 3.66. The Balaban J connectivity index is 2.38. The number of hydrogen-bond acceptors (Lipinski definition) is 8. The zero-order chi connectivity index (χ0) is 17.6. The lowest BCUT2D eigenvalue weighted by atomic mass is 10.1. The summed E-state index contributed by atoms with van der Waals surface area (Å²) in [4.78, 5) is 12.6. The fourth-order valence-electron chi connectivity index (χ4n) is 2.55. The second-order valence-corrected chi connectivity index (χ2v) is 5.08. The third kappa shape index (κ3) is 2.16. The minimum Gasteiger partial charge on any atom is -0.509 e. The van der Waals surface area contributed by atoms with Gasteiger partial charge in [-0.3, -0.25) is 4.79 Å². The van der Waals surface area contributed by atoms with Crippen molar-refractivity contribution in [1.29, 1.82) is 0 Å². The number of phenols is 2. The molecule has 8 nitrogen and oxygen atoms in total. The van der Waals surface area contributed by atoms with Crippen molar-refractivity contribution in [3.8, 4) is 23.0 Å². The maximum absolute atomic E-state index is 12.6. The van der Waals surface area contributed by atoms with Crippen LogP contribution in [0.1, 0.15) is 5.76 Å². The van der Waals surface area contributed by atoms with Gasteiger partial charge in [-0.1, -0.05) is 0 Å². The lowest BCUT2D eigenvalue weighted by Crippen LogP contribution is -2.09. The molecule has 0 radical (unpaired) electrons. The largest absolute Gasteiger partial charge is 0.509 e. The third-order valence-electron chi connectivity index (χ3n) is 3.66. The summed E-state index contributed by atoms with van der Waals surface area (Å²) in [5, 5.41) is 38.9. The first-order chi connectivity index (χ1) is 11.4. The van der Waals surface area contributed by atoms with Gasteiger partial charge in [-0.2, -0.15) is 0 Å². The van der Waals surface area contributed by atoms with Gasteiger partial charge in [-0.25, -0.2) is 0 Å². The van der Waals surface area contributed by atoms with E-state index in [1.165, 1.54) is 26.4 Å². The molecule has 1 heterocycles. The molecule has 1 aliphatic rings. The molecular formula is C16H14O8. The number of ether oxygens (including phenoxy) is 2. The highest BCUT2D eigenvalue weighted by Crippen LogP contribution is 2.43. The highest BCUT2D eigenvalue weighted by molar-refractivity contribution is 5.91. The van der Waals surface area contributed by atoms with Crippen molar-refractivity contribution in [1.82, 2.24) is 0 Å². The Morgan fingerprint density at radius 3 is 2.33 bits per heavy atom. The van der Waals surface area contributed by atoms with Gasteiger partial charge in [0, 0.05) is 11.6 Å². The number of allylic oxidation sites excluding steroid dienone is 2. The second-order valence-electron chi connectivity index (χ2n) is 5.08. The molecule has 3 rings (SSSR count). The predicted molar refractivity (Wildman–Crippen MR) is 83.6 cm³/mol. The number of phenolic OH excluding ortho intramolecular Hbond substituents is 2. The summed E-state index contributed by atoms with van der Waals surface area (Å²) in [7, 11) is 2.47. The first-order valence-electron chi connectivity index (χ1n) is 6.83. The Hall–Kier alpha value is -3.13. The number of rotatable bonds is 3. The number of aliphatic hydroxyl groups excluding tert-OH is 2. The van der Waals surface area contributed by atoms with Crippen molar-refractivity contribution in [2.45, 2.75) is 6.10 Å². The fourth-order valence-corrected chi connectivity index (χ4v) is 2.55. The van der Waals surface area contributed by atoms with Crippen LogP contribution >= 0.6 is 0 Å². The average molecular weight is 334 g/mol. The molecule has 0 amide bonds. The summed E-state index contributed by atoms with van der Waals surface area (Å²) in [5.74, 6) is -1.85. The van der Waals surface area contributed by atoms with E-state index >= 15 is 0 Å². The van der Waals surface area contributed by atoms with Crippen molar-refractivity contribution < 1.29 is 34.3 Å². The van der Waals surface area contributed by atoms with Gasteiger partial charge >= 0.3 is 0 Å². The lowest BCUT2D eigenvalue weighted by molar-refractivity contribution is 0.197. The highest BCUT2D eigenvalue weighted by atomic mass is 16.5. The molecule has 0 saturated heterocycles. The van der Waals surface area contributed by atoms with Crippen LogP contribution < -0.4 is 14.9 Å². The van der Waals surface area contributed by atoms with Gasteiger partial charge < -0.3 is 34.3 Å². The topological polar surface area (TPSA) is 130 Å². The summed E-state index contributed by atoms with van der Waals surface area (Å²) in [6.07, 6.45) is 1.27. The van der Waals surface area contributed by atoms with Gasteiger partial charge in [0.2, 0.25) is 16.9 Å². The van der Waals surface area contributed by atoms with E-state index in [9.17, 15) is 25.2 Å². The van der Waals surface area contributed by atoms with Crippen LogP contribution in [0, 0.1) is 0 Å². The van der Waals surface area contributed by atoms with Gasteiger partial charge in [-0.05, 0) is 12.2 Å². The van der Waals surface area contributed by atoms with Crippen LogP contribution in [0.5, 0.6) is 23.0 Å². The van der Waals surface area contributed by atoms with E-state index in [1.54, 1.807) is 0 Å². The number of aromatic hydroxyl groups is 2. The molecular weight excluding hydrogens is 320 g/mol. The van der Waals surface area contributed by atoms with Crippen molar-refractivity contribution in [2.24, 2.45) is 0 Å². The maximum atomic E-state index is 12.6. The number of hydrogen-bond donors (Lipinski definition) is 4. The molecule has 0 fully saturated rings. The van der Waals surface area contributed by atoms with Crippen LogP contribution in [0.4, 0.5) is 0 Å². The molecule has 0 saturated carbocycles. The van der Waals surface area contributed by atoms with Crippen LogP contribution in [0.25, 0.3) is 16.5 Å². The van der Waals surface area contributed by atoms with Crippen LogP contribution in [-0.2, 0) is 0 Å². The highest BCUT2D eigenvalue weighted by Gasteiger charge is 2.26. The maximum Gasteiger partial charge on any atom is 0.239 e. The van der Waals surface area contributed by atoms with E-state index in [0.29, 0.717) is 0 Å². The first kappa shape index (κ1) is 15.8. The zero-order valence-corrected chi connectivity index (χ0v) is 12.7. The minimum atomic E-state index is -1.22. The second kappa shape index (κ2) is 5.50. The summed E-state index contributed by atoms with van der Waals surface area (Å²) in [6.45, 7) is 0. The quantitative estimate of drug-likeness (QED) is 0.663. The normalized spacial score (nSPS) is 16.9. The first-order valence-corrected chi connectivity index (χ1v) is 6.83. The van der Waals surface area contributed by atoms with Crippen LogP contribution in [0.3, 0.4) is 0 Å². The zero-order valence-electron chi connectivity index (χ0n) is 12.7. The Kier molecular flexibility index (Phi) is 3.61. The van der Waals surface area contributed by atoms with Crippen LogP contribution in [0.2, 0.25) is 0 Å². The van der Waals surface area contributed by atoms with Crippen molar-refractivity contribution in [3.63, 3.8) is 0 Å². The number of fused-ring (bicyclic) bond motifs is 1. The number of benzene rings is 1. The monoisotopic (exact) mass is 334 g/mol. The van der Waals surface area contributed by atoms with Crippen LogP contribution in [-0.4, -0.2) is 40.7 Å². The molecule has 4 N–H and O–H groups in total. The van der Waals surface area contributed by atoms with E-state index in [4.69, 9.17) is 13.9 Å². The van der Waals surface area contributed by atoms with Gasteiger partial charge in [0.1, 0.15) is 22.8 Å². The fraction of sp³-hybridized carbons (Fsp3) is 0.188. The molecule has 0 bridgehead atoms. The molecule has 1 atom stereocenters. The molecule has 126 valence electrons. The van der Waals surface area contributed by atoms with Gasteiger partial charge in [0.25, 0.3) is 0 Å². The van der Waals surface area contributed by atoms with Crippen molar-refractivity contribution in [3.05, 3.63) is 40.0 Å². The predicted octanol–water partition coefficient (Wildman–Crippen LogP) is 1.42. The summed E-state index contributed by atoms with van der Waals surface area (Å²) < 4.78 is 15.5. The smallest absolute Gasteiger partial charge is 0.239 e. The Bertz CT molecular complexity index is 951. The molecule has 8 heteroatoms. The molecule has 0 aliphatic heterocycles. The SMILES string of the molecule is COc1c(O)cc2oc(C3=CC(O)C(O)=C3)c(OC)c(=O)c2c1O. The van der Waals surface area contributed by atoms with E-state index in [-0.39, 0.29) is 39.6 Å². The number of aliphatic hydroxyl groups is 2. The van der Waals surface area contributed by atoms with Gasteiger partial charge in [0.15, 0.2) is 17.3 Å². The Labute approximate surface area is 135 Å². The Morgan fingerprint density at radius 1 is 1.12 bits per heavy atom. The molecule has 1 aromatic heterocycles. The van der Waals surface area contributed by atoms with E-state index in [2.05, 4.69) is 0 Å². The van der Waals surface area contributed by atoms with E-state index < -0.39 is 23.0 Å². The molecule has 1 aromatic carbocycles. The molecule has 0 spiro atoms. The number of methoxy groups -OCH3 is 2. The molecule has 1 unspecified atom stereocenters. The van der Waals surface area contributed by atoms with Crippen molar-refractivity contribution in [2.75, 3.05) is 14.2 Å². The van der Waals surface area contributed by atoms with Crippen LogP contribution in [0.15, 0.2) is 33.2 Å². The van der Waals surface area contributed by atoms with Gasteiger partial charge in [0.05, 0.1) is 14.2 Å². The molecule has 24 heavy (non-hydrogen) atoms. The Morgan fingerprint density at radius 2 is 1.79 bits per heavy atom. The minimum absolute atomic E-state index is 0.0536. The van der Waals surface area contributed by atoms with E-state index in [1.807, 2.05) is 0 Å². The summed E-state index contributed by atoms with van der Waals surface area (Å²) in [5.41, 5.74) is -0.577. The van der Waals surface area contributed by atoms with Crippen molar-refractivity contribution >= 4 is 16.5 Å². The van der Waals surface area contributed by atoms with Gasteiger partial charge in [-0.15, -0.1) is 0 Å². The summed E-state index contributed by atoms with van der Waals surface area (Å²) in [6, 6.07) is 1.12. The molecule has 2 aromatic rings. The van der Waals surface area contributed by atoms with E-state index in [0.717, 1.165) is 6.07 Å². The lowest BCUT2D eigenvalue weighted by Gasteiger charge is -2.12.